The molecule has 0 amide bonds. The van der Waals surface area contributed by atoms with Crippen LogP contribution >= 0.6 is 0 Å². The minimum atomic E-state index is -1.03. The van der Waals surface area contributed by atoms with Crippen LogP contribution in [0.15, 0.2) is 42.5 Å². The summed E-state index contributed by atoms with van der Waals surface area (Å²) in [4.78, 5) is 11.0. The van der Waals surface area contributed by atoms with Gasteiger partial charge in [-0.3, -0.25) is 0 Å². The van der Waals surface area contributed by atoms with Gasteiger partial charge in [0, 0.05) is 6.07 Å². The fourth-order valence-corrected chi connectivity index (χ4v) is 1.27. The van der Waals surface area contributed by atoms with Crippen molar-refractivity contribution in [3.8, 4) is 11.5 Å². The normalized spacial score (nSPS) is 9.79. The molecule has 4 nitrogen and oxygen atoms in total. The van der Waals surface area contributed by atoms with Gasteiger partial charge in [0.1, 0.15) is 24.7 Å². The van der Waals surface area contributed by atoms with Gasteiger partial charge in [-0.1, -0.05) is 13.2 Å². The predicted octanol–water partition coefficient (Wildman–Crippen LogP) is 3.29. The SMILES string of the molecule is C=C(C)COc1cc(OCC(=C)C)cc(C(=O)O)c1. The molecule has 1 N–H and O–H groups in total. The zero-order valence-electron chi connectivity index (χ0n) is 11.2. The van der Waals surface area contributed by atoms with Crippen LogP contribution in [0.2, 0.25) is 0 Å². The molecule has 0 heterocycles. The quantitative estimate of drug-likeness (QED) is 0.766. The molecular formula is C15H18O4. The highest BCUT2D eigenvalue weighted by Gasteiger charge is 2.09. The molecule has 1 aromatic carbocycles. The van der Waals surface area contributed by atoms with E-state index in [4.69, 9.17) is 14.6 Å². The van der Waals surface area contributed by atoms with E-state index in [1.165, 1.54) is 12.1 Å². The molecule has 102 valence electrons. The molecule has 1 aromatic rings. The smallest absolute Gasteiger partial charge is 0.335 e. The maximum absolute atomic E-state index is 11.0. The largest absolute Gasteiger partial charge is 0.489 e. The first-order valence-electron chi connectivity index (χ1n) is 5.81. The van der Waals surface area contributed by atoms with Crippen LogP contribution in [0.3, 0.4) is 0 Å². The van der Waals surface area contributed by atoms with Gasteiger partial charge in [-0.2, -0.15) is 0 Å². The van der Waals surface area contributed by atoms with E-state index in [-0.39, 0.29) is 5.56 Å². The third-order valence-corrected chi connectivity index (χ3v) is 2.10. The summed E-state index contributed by atoms with van der Waals surface area (Å²) < 4.78 is 10.9. The molecule has 0 saturated heterocycles. The molecular weight excluding hydrogens is 244 g/mol. The van der Waals surface area contributed by atoms with Gasteiger partial charge in [0.05, 0.1) is 5.56 Å². The third-order valence-electron chi connectivity index (χ3n) is 2.10. The summed E-state index contributed by atoms with van der Waals surface area (Å²) in [5.74, 6) is -0.139. The molecule has 19 heavy (non-hydrogen) atoms. The molecule has 0 aromatic heterocycles. The molecule has 0 aliphatic rings. The number of rotatable bonds is 7. The molecule has 0 atom stereocenters. The summed E-state index contributed by atoms with van der Waals surface area (Å²) in [7, 11) is 0. The van der Waals surface area contributed by atoms with E-state index < -0.39 is 5.97 Å². The lowest BCUT2D eigenvalue weighted by atomic mass is 10.2. The fraction of sp³-hybridized carbons (Fsp3) is 0.267. The standard InChI is InChI=1S/C15H18O4/c1-10(2)8-18-13-5-12(15(16)17)6-14(7-13)19-9-11(3)4/h5-7H,1,3,8-9H2,2,4H3,(H,16,17). The number of carbonyl (C=O) groups is 1. The first-order valence-corrected chi connectivity index (χ1v) is 5.81. The van der Waals surface area contributed by atoms with Gasteiger partial charge in [0.25, 0.3) is 0 Å². The third kappa shape index (κ3) is 5.29. The van der Waals surface area contributed by atoms with Crippen molar-refractivity contribution in [1.29, 1.82) is 0 Å². The van der Waals surface area contributed by atoms with Crippen LogP contribution in [0.1, 0.15) is 24.2 Å². The van der Waals surface area contributed by atoms with Gasteiger partial charge in [-0.05, 0) is 37.1 Å². The second-order valence-corrected chi connectivity index (χ2v) is 4.49. The Kier molecular flexibility index (Phi) is 5.18. The van der Waals surface area contributed by atoms with Crippen molar-refractivity contribution in [3.63, 3.8) is 0 Å². The summed E-state index contributed by atoms with van der Waals surface area (Å²) in [6, 6.07) is 4.57. The maximum atomic E-state index is 11.0. The summed E-state index contributed by atoms with van der Waals surface area (Å²) in [5.41, 5.74) is 1.83. The van der Waals surface area contributed by atoms with Crippen LogP contribution in [-0.2, 0) is 0 Å². The van der Waals surface area contributed by atoms with Crippen molar-refractivity contribution in [2.75, 3.05) is 13.2 Å². The van der Waals surface area contributed by atoms with Crippen LogP contribution < -0.4 is 9.47 Å². The zero-order valence-corrected chi connectivity index (χ0v) is 11.2. The zero-order chi connectivity index (χ0) is 14.4. The molecule has 0 saturated carbocycles. The van der Waals surface area contributed by atoms with E-state index in [2.05, 4.69) is 13.2 Å². The van der Waals surface area contributed by atoms with Crippen LogP contribution in [0.25, 0.3) is 0 Å². The Morgan fingerprint density at radius 3 is 1.79 bits per heavy atom. The van der Waals surface area contributed by atoms with Crippen molar-refractivity contribution in [2.45, 2.75) is 13.8 Å². The van der Waals surface area contributed by atoms with Gasteiger partial charge in [0.15, 0.2) is 0 Å². The van der Waals surface area contributed by atoms with E-state index in [9.17, 15) is 4.79 Å². The van der Waals surface area contributed by atoms with Gasteiger partial charge >= 0.3 is 5.97 Å². The fourth-order valence-electron chi connectivity index (χ4n) is 1.27. The minimum absolute atomic E-state index is 0.121. The lowest BCUT2D eigenvalue weighted by Crippen LogP contribution is -2.04. The highest BCUT2D eigenvalue weighted by Crippen LogP contribution is 2.24. The predicted molar refractivity (Wildman–Crippen MR) is 74.0 cm³/mol. The first kappa shape index (κ1) is 14.8. The Hall–Kier alpha value is -2.23. The minimum Gasteiger partial charge on any atom is -0.489 e. The highest BCUT2D eigenvalue weighted by atomic mass is 16.5. The van der Waals surface area contributed by atoms with Crippen molar-refractivity contribution in [3.05, 3.63) is 48.1 Å². The van der Waals surface area contributed by atoms with Gasteiger partial charge < -0.3 is 14.6 Å². The molecule has 0 bridgehead atoms. The second-order valence-electron chi connectivity index (χ2n) is 4.49. The number of benzene rings is 1. The second kappa shape index (κ2) is 6.64. The number of carboxylic acid groups (broad SMARTS) is 1. The Morgan fingerprint density at radius 2 is 1.47 bits per heavy atom. The molecule has 0 unspecified atom stereocenters. The lowest BCUT2D eigenvalue weighted by molar-refractivity contribution is 0.0696. The number of hydrogen-bond donors (Lipinski definition) is 1. The Bertz CT molecular complexity index is 467. The van der Waals surface area contributed by atoms with Crippen molar-refractivity contribution >= 4 is 5.97 Å². The van der Waals surface area contributed by atoms with Crippen molar-refractivity contribution in [1.82, 2.24) is 0 Å². The van der Waals surface area contributed by atoms with Crippen molar-refractivity contribution < 1.29 is 19.4 Å². The summed E-state index contributed by atoms with van der Waals surface area (Å²) >= 11 is 0. The number of hydrogen-bond acceptors (Lipinski definition) is 3. The van der Waals surface area contributed by atoms with E-state index in [0.29, 0.717) is 24.7 Å². The molecule has 4 heteroatoms. The van der Waals surface area contributed by atoms with Gasteiger partial charge in [0.2, 0.25) is 0 Å². The first-order chi connectivity index (χ1) is 8.88. The van der Waals surface area contributed by atoms with Crippen LogP contribution in [0.5, 0.6) is 11.5 Å². The van der Waals surface area contributed by atoms with Gasteiger partial charge in [-0.25, -0.2) is 4.79 Å². The molecule has 0 aliphatic heterocycles. The average Bonchev–Trinajstić information content (AvgIpc) is 2.33. The molecule has 0 fully saturated rings. The maximum Gasteiger partial charge on any atom is 0.335 e. The topological polar surface area (TPSA) is 55.8 Å². The van der Waals surface area contributed by atoms with Crippen molar-refractivity contribution in [2.24, 2.45) is 0 Å². The highest BCUT2D eigenvalue weighted by molar-refractivity contribution is 5.88. The Morgan fingerprint density at radius 1 is 1.05 bits per heavy atom. The molecule has 0 spiro atoms. The number of ether oxygens (including phenoxy) is 2. The van der Waals surface area contributed by atoms with Crippen LogP contribution in [0, 0.1) is 0 Å². The van der Waals surface area contributed by atoms with Crippen LogP contribution in [-0.4, -0.2) is 24.3 Å². The summed E-state index contributed by atoms with van der Waals surface area (Å²) in [5, 5.41) is 9.04. The molecule has 1 rings (SSSR count). The summed E-state index contributed by atoms with van der Waals surface area (Å²) in [6.45, 7) is 11.8. The van der Waals surface area contributed by atoms with Gasteiger partial charge in [-0.15, -0.1) is 0 Å². The van der Waals surface area contributed by atoms with E-state index in [0.717, 1.165) is 11.1 Å². The molecule has 0 radical (unpaired) electrons. The lowest BCUT2D eigenvalue weighted by Gasteiger charge is -2.11. The number of aromatic carboxylic acids is 1. The van der Waals surface area contributed by atoms with E-state index >= 15 is 0 Å². The van der Waals surface area contributed by atoms with E-state index in [1.54, 1.807) is 6.07 Å². The average molecular weight is 262 g/mol. The summed E-state index contributed by atoms with van der Waals surface area (Å²) in [6.07, 6.45) is 0. The molecule has 0 aliphatic carbocycles. The monoisotopic (exact) mass is 262 g/mol. The Balaban J connectivity index is 2.93. The Labute approximate surface area is 113 Å². The number of carboxylic acids is 1. The van der Waals surface area contributed by atoms with E-state index in [1.807, 2.05) is 13.8 Å². The van der Waals surface area contributed by atoms with Crippen LogP contribution in [0.4, 0.5) is 0 Å².